The molecule has 1 aliphatic rings. The second kappa shape index (κ2) is 7.29. The molecule has 0 spiro atoms. The normalized spacial score (nSPS) is 12.5. The van der Waals surface area contributed by atoms with Gasteiger partial charge in [0, 0.05) is 35.5 Å². The quantitative estimate of drug-likeness (QED) is 0.549. The predicted molar refractivity (Wildman–Crippen MR) is 108 cm³/mol. The number of fused-ring (bicyclic) bond motifs is 3. The second-order valence-electron chi connectivity index (χ2n) is 7.50. The van der Waals surface area contributed by atoms with Crippen LogP contribution in [0, 0.1) is 13.8 Å². The zero-order valence-corrected chi connectivity index (χ0v) is 16.8. The fraction of sp³-hybridized carbons (Fsp3) is 0.273. The number of nitrogens with one attached hydrogen (secondary N) is 1. The third-order valence-electron chi connectivity index (χ3n) is 5.44. The fourth-order valence-electron chi connectivity index (χ4n) is 3.84. The summed E-state index contributed by atoms with van der Waals surface area (Å²) in [6, 6.07) is 5.85. The highest BCUT2D eigenvalue weighted by Gasteiger charge is 2.29. The molecule has 152 valence electrons. The average Bonchev–Trinajstić information content (AvgIpc) is 3.43. The lowest BCUT2D eigenvalue weighted by Crippen LogP contribution is -2.23. The van der Waals surface area contributed by atoms with Crippen molar-refractivity contribution >= 4 is 5.91 Å². The zero-order valence-electron chi connectivity index (χ0n) is 16.8. The molecule has 0 unspecified atom stereocenters. The van der Waals surface area contributed by atoms with Crippen LogP contribution in [-0.2, 0) is 25.9 Å². The molecule has 8 heteroatoms. The Hall–Kier alpha value is -3.68. The minimum absolute atomic E-state index is 0.265. The van der Waals surface area contributed by atoms with Crippen LogP contribution < -0.4 is 5.32 Å². The maximum absolute atomic E-state index is 12.8. The number of aromatic nitrogens is 4. The van der Waals surface area contributed by atoms with E-state index < -0.39 is 0 Å². The van der Waals surface area contributed by atoms with E-state index in [1.807, 2.05) is 36.7 Å². The topological polar surface area (TPSA) is 99.0 Å². The molecule has 0 saturated carbocycles. The molecule has 8 nitrogen and oxygen atoms in total. The Morgan fingerprint density at radius 3 is 2.93 bits per heavy atom. The summed E-state index contributed by atoms with van der Waals surface area (Å²) in [6.07, 6.45) is 6.97. The van der Waals surface area contributed by atoms with E-state index in [4.69, 9.17) is 14.0 Å². The highest BCUT2D eigenvalue weighted by molar-refractivity contribution is 5.95. The molecule has 0 saturated heterocycles. The number of pyridine rings is 1. The van der Waals surface area contributed by atoms with E-state index in [0.29, 0.717) is 18.0 Å². The van der Waals surface area contributed by atoms with Crippen LogP contribution in [0.15, 0.2) is 45.8 Å². The Morgan fingerprint density at radius 1 is 1.27 bits per heavy atom. The van der Waals surface area contributed by atoms with Crippen LogP contribution >= 0.6 is 0 Å². The Balaban J connectivity index is 1.40. The van der Waals surface area contributed by atoms with Gasteiger partial charge in [-0.2, -0.15) is 5.10 Å². The van der Waals surface area contributed by atoms with Crippen molar-refractivity contribution in [2.24, 2.45) is 0 Å². The van der Waals surface area contributed by atoms with Gasteiger partial charge < -0.3 is 14.3 Å². The van der Waals surface area contributed by atoms with Crippen LogP contribution in [0.2, 0.25) is 0 Å². The molecule has 4 aromatic heterocycles. The van der Waals surface area contributed by atoms with Crippen molar-refractivity contribution in [3.8, 4) is 11.3 Å². The molecule has 0 aromatic carbocycles. The lowest BCUT2D eigenvalue weighted by atomic mass is 9.93. The summed E-state index contributed by atoms with van der Waals surface area (Å²) in [5.74, 6) is 0.873. The number of aryl methyl sites for hydroxylation is 3. The number of nitrogens with zero attached hydrogens (tertiary/aromatic N) is 4. The van der Waals surface area contributed by atoms with Crippen molar-refractivity contribution < 1.29 is 13.7 Å². The predicted octanol–water partition coefficient (Wildman–Crippen LogP) is 3.22. The van der Waals surface area contributed by atoms with Gasteiger partial charge in [0.1, 0.15) is 17.7 Å². The van der Waals surface area contributed by atoms with Crippen molar-refractivity contribution in [3.63, 3.8) is 0 Å². The number of amides is 1. The Kier molecular flexibility index (Phi) is 4.46. The maximum atomic E-state index is 12.8. The first-order chi connectivity index (χ1) is 14.6. The fourth-order valence-corrected chi connectivity index (χ4v) is 3.84. The van der Waals surface area contributed by atoms with Gasteiger partial charge in [0.2, 0.25) is 0 Å². The minimum Gasteiger partial charge on any atom is -0.455 e. The number of furan rings is 1. The lowest BCUT2D eigenvalue weighted by molar-refractivity contribution is 0.0919. The summed E-state index contributed by atoms with van der Waals surface area (Å²) in [4.78, 5) is 17.1. The summed E-state index contributed by atoms with van der Waals surface area (Å²) in [5, 5.41) is 11.5. The largest absolute Gasteiger partial charge is 0.455 e. The Labute approximate surface area is 172 Å². The third-order valence-corrected chi connectivity index (χ3v) is 5.44. The number of carbonyl (C=O) groups excluding carboxylic acids is 1. The van der Waals surface area contributed by atoms with Gasteiger partial charge in [0.25, 0.3) is 5.91 Å². The van der Waals surface area contributed by atoms with Gasteiger partial charge >= 0.3 is 0 Å². The van der Waals surface area contributed by atoms with Crippen molar-refractivity contribution in [3.05, 3.63) is 76.5 Å². The summed E-state index contributed by atoms with van der Waals surface area (Å²) in [5.41, 5.74) is 6.33. The van der Waals surface area contributed by atoms with Gasteiger partial charge in [-0.15, -0.1) is 0 Å². The molecule has 5 rings (SSSR count). The molecule has 0 atom stereocenters. The molecule has 1 aliphatic carbocycles. The van der Waals surface area contributed by atoms with Gasteiger partial charge in [-0.1, -0.05) is 11.2 Å². The summed E-state index contributed by atoms with van der Waals surface area (Å²) in [7, 11) is 0. The first kappa shape index (κ1) is 18.4. The van der Waals surface area contributed by atoms with Crippen molar-refractivity contribution in [1.82, 2.24) is 25.2 Å². The molecule has 0 bridgehead atoms. The van der Waals surface area contributed by atoms with Crippen LogP contribution in [0.5, 0.6) is 0 Å². The van der Waals surface area contributed by atoms with E-state index in [-0.39, 0.29) is 12.5 Å². The first-order valence-electron chi connectivity index (χ1n) is 9.87. The first-order valence-corrected chi connectivity index (χ1v) is 9.87. The van der Waals surface area contributed by atoms with Crippen LogP contribution in [0.3, 0.4) is 0 Å². The molecule has 4 heterocycles. The van der Waals surface area contributed by atoms with Crippen LogP contribution in [0.25, 0.3) is 11.3 Å². The zero-order chi connectivity index (χ0) is 20.7. The molecular weight excluding hydrogens is 382 g/mol. The average molecular weight is 403 g/mol. The highest BCUT2D eigenvalue weighted by Crippen LogP contribution is 2.38. The number of hydrogen-bond donors (Lipinski definition) is 1. The maximum Gasteiger partial charge on any atom is 0.287 e. The van der Waals surface area contributed by atoms with E-state index in [2.05, 4.69) is 21.7 Å². The molecule has 0 fully saturated rings. The number of carbonyl (C=O) groups is 1. The van der Waals surface area contributed by atoms with Gasteiger partial charge in [-0.25, -0.2) is 0 Å². The summed E-state index contributed by atoms with van der Waals surface area (Å²) in [6.45, 7) is 4.68. The van der Waals surface area contributed by atoms with E-state index in [1.165, 1.54) is 0 Å². The van der Waals surface area contributed by atoms with E-state index in [1.54, 1.807) is 12.5 Å². The standard InChI is InChI=1S/C22H21N5O3/c1-13-12-29-26-17(13)9-24-22(28)21-14(2)19-18(30-21)7-6-15-10-27(25-20(15)19)11-16-5-3-4-8-23-16/h3-5,8,10,12H,6-7,9,11H2,1-2H3,(H,24,28). The number of rotatable bonds is 5. The van der Waals surface area contributed by atoms with E-state index >= 15 is 0 Å². The van der Waals surface area contributed by atoms with E-state index in [0.717, 1.165) is 52.2 Å². The molecule has 0 radical (unpaired) electrons. The minimum atomic E-state index is -0.265. The molecule has 0 aliphatic heterocycles. The van der Waals surface area contributed by atoms with Crippen molar-refractivity contribution in [2.75, 3.05) is 0 Å². The van der Waals surface area contributed by atoms with Crippen molar-refractivity contribution in [1.29, 1.82) is 0 Å². The van der Waals surface area contributed by atoms with Crippen LogP contribution in [0.1, 0.15) is 44.4 Å². The summed E-state index contributed by atoms with van der Waals surface area (Å²) >= 11 is 0. The highest BCUT2D eigenvalue weighted by atomic mass is 16.5. The van der Waals surface area contributed by atoms with Gasteiger partial charge in [0.05, 0.1) is 24.5 Å². The molecule has 1 amide bonds. The van der Waals surface area contributed by atoms with E-state index in [9.17, 15) is 4.79 Å². The smallest absolute Gasteiger partial charge is 0.287 e. The van der Waals surface area contributed by atoms with Crippen LogP contribution in [0.4, 0.5) is 0 Å². The second-order valence-corrected chi connectivity index (χ2v) is 7.50. The molecule has 4 aromatic rings. The SMILES string of the molecule is Cc1conc1CNC(=O)c1oc2c(c1C)-c1nn(Cc3ccccn3)cc1CC2. The Bertz CT molecular complexity index is 1220. The molecular formula is C22H21N5O3. The Morgan fingerprint density at radius 2 is 2.17 bits per heavy atom. The molecule has 30 heavy (non-hydrogen) atoms. The third kappa shape index (κ3) is 3.20. The number of hydrogen-bond acceptors (Lipinski definition) is 6. The van der Waals surface area contributed by atoms with Crippen molar-refractivity contribution in [2.45, 2.75) is 39.8 Å². The monoisotopic (exact) mass is 403 g/mol. The van der Waals surface area contributed by atoms with Crippen LogP contribution in [-0.4, -0.2) is 25.8 Å². The van der Waals surface area contributed by atoms with Gasteiger partial charge in [-0.05, 0) is 38.0 Å². The molecule has 1 N–H and O–H groups in total. The lowest BCUT2D eigenvalue weighted by Gasteiger charge is -2.09. The van der Waals surface area contributed by atoms with Gasteiger partial charge in [0.15, 0.2) is 5.76 Å². The van der Waals surface area contributed by atoms with Gasteiger partial charge in [-0.3, -0.25) is 14.5 Å². The summed E-state index contributed by atoms with van der Waals surface area (Å²) < 4.78 is 12.8.